The van der Waals surface area contributed by atoms with Crippen molar-refractivity contribution in [3.63, 3.8) is 0 Å². The van der Waals surface area contributed by atoms with Crippen molar-refractivity contribution in [2.45, 2.75) is 24.6 Å². The zero-order valence-corrected chi connectivity index (χ0v) is 17.8. The Labute approximate surface area is 167 Å². The summed E-state index contributed by atoms with van der Waals surface area (Å²) in [5, 5.41) is 10.9. The summed E-state index contributed by atoms with van der Waals surface area (Å²) in [5.41, 5.74) is 0.313. The number of thioether (sulfide) groups is 1. The Morgan fingerprint density at radius 1 is 1.30 bits per heavy atom. The molecule has 0 saturated heterocycles. The number of ether oxygens (including phenoxy) is 1. The van der Waals surface area contributed by atoms with Gasteiger partial charge in [-0.25, -0.2) is 8.42 Å². The largest absolute Gasteiger partial charge is 0.492 e. The van der Waals surface area contributed by atoms with Crippen molar-refractivity contribution in [2.75, 3.05) is 34.8 Å². The number of aromatic nitrogens is 2. The quantitative estimate of drug-likeness (QED) is 0.457. The van der Waals surface area contributed by atoms with Gasteiger partial charge in [0.05, 0.1) is 18.6 Å². The van der Waals surface area contributed by atoms with Crippen molar-refractivity contribution in [1.82, 2.24) is 10.2 Å². The number of para-hydroxylation sites is 2. The van der Waals surface area contributed by atoms with E-state index < -0.39 is 15.9 Å². The number of sulfonamides is 1. The van der Waals surface area contributed by atoms with Crippen LogP contribution in [-0.4, -0.2) is 49.7 Å². The summed E-state index contributed by atoms with van der Waals surface area (Å²) in [7, 11) is -3.70. The van der Waals surface area contributed by atoms with Crippen LogP contribution in [0, 0.1) is 0 Å². The summed E-state index contributed by atoms with van der Waals surface area (Å²) in [6.45, 7) is 3.86. The molecule has 148 valence electrons. The van der Waals surface area contributed by atoms with Crippen LogP contribution in [0.25, 0.3) is 0 Å². The predicted molar refractivity (Wildman–Crippen MR) is 109 cm³/mol. The second-order valence-corrected chi connectivity index (χ2v) is 9.67. The monoisotopic (exact) mass is 430 g/mol. The van der Waals surface area contributed by atoms with Gasteiger partial charge in [-0.3, -0.25) is 14.4 Å². The standard InChI is InChI=1S/C16H22N4O4S3/c1-4-10-25-16-19-18-15(26-16)17-14(21)11-20(27(3,22)23)12-8-6-7-9-13(12)24-5-2/h6-9H,4-5,10-11H2,1-3H3,(H,17,18,21). The van der Waals surface area contributed by atoms with E-state index in [-0.39, 0.29) is 6.54 Å². The second kappa shape index (κ2) is 9.90. The van der Waals surface area contributed by atoms with Crippen LogP contribution >= 0.6 is 23.1 Å². The van der Waals surface area contributed by atoms with E-state index in [4.69, 9.17) is 4.74 Å². The van der Waals surface area contributed by atoms with Gasteiger partial charge in [-0.2, -0.15) is 0 Å². The molecule has 0 bridgehead atoms. The number of nitrogens with one attached hydrogen (secondary N) is 1. The number of carbonyl (C=O) groups is 1. The average Bonchev–Trinajstić information content (AvgIpc) is 3.05. The number of rotatable bonds is 10. The number of amides is 1. The summed E-state index contributed by atoms with van der Waals surface area (Å²) < 4.78 is 31.8. The van der Waals surface area contributed by atoms with Gasteiger partial charge in [0.15, 0.2) is 4.34 Å². The first kappa shape index (κ1) is 21.5. The van der Waals surface area contributed by atoms with Crippen LogP contribution in [0.15, 0.2) is 28.6 Å². The molecule has 0 aliphatic heterocycles. The Bertz CT molecular complexity index is 870. The van der Waals surface area contributed by atoms with Gasteiger partial charge in [-0.1, -0.05) is 42.2 Å². The first-order valence-corrected chi connectivity index (χ1v) is 12.0. The van der Waals surface area contributed by atoms with Crippen LogP contribution in [0.1, 0.15) is 20.3 Å². The minimum atomic E-state index is -3.70. The van der Waals surface area contributed by atoms with Gasteiger partial charge in [0.25, 0.3) is 0 Å². The molecule has 0 radical (unpaired) electrons. The average molecular weight is 431 g/mol. The molecule has 0 aliphatic carbocycles. The summed E-state index contributed by atoms with van der Waals surface area (Å²) in [5.74, 6) is 0.806. The number of hydrogen-bond donors (Lipinski definition) is 1. The Morgan fingerprint density at radius 2 is 2.04 bits per heavy atom. The molecule has 1 heterocycles. The van der Waals surface area contributed by atoms with Crippen molar-refractivity contribution in [3.8, 4) is 5.75 Å². The number of hydrogen-bond acceptors (Lipinski definition) is 8. The molecule has 0 aliphatic rings. The number of nitrogens with zero attached hydrogens (tertiary/aromatic N) is 3. The van der Waals surface area contributed by atoms with E-state index >= 15 is 0 Å². The summed E-state index contributed by atoms with van der Waals surface area (Å²) in [6, 6.07) is 6.70. The maximum absolute atomic E-state index is 12.4. The fourth-order valence-corrected chi connectivity index (χ4v) is 4.67. The molecule has 0 spiro atoms. The van der Waals surface area contributed by atoms with E-state index in [2.05, 4.69) is 22.4 Å². The van der Waals surface area contributed by atoms with Crippen molar-refractivity contribution in [1.29, 1.82) is 0 Å². The molecule has 1 N–H and O–H groups in total. The fraction of sp³-hybridized carbons (Fsp3) is 0.438. The lowest BCUT2D eigenvalue weighted by Gasteiger charge is -2.23. The van der Waals surface area contributed by atoms with E-state index in [1.54, 1.807) is 43.0 Å². The van der Waals surface area contributed by atoms with Gasteiger partial charge >= 0.3 is 0 Å². The molecule has 1 aromatic heterocycles. The molecule has 1 amide bonds. The third-order valence-corrected chi connectivity index (χ3v) is 6.51. The Hall–Kier alpha value is -1.85. The minimum absolute atomic E-state index is 0.313. The smallest absolute Gasteiger partial charge is 0.246 e. The normalized spacial score (nSPS) is 11.2. The van der Waals surface area contributed by atoms with Gasteiger partial charge in [0.1, 0.15) is 12.3 Å². The van der Waals surface area contributed by atoms with E-state index in [9.17, 15) is 13.2 Å². The lowest BCUT2D eigenvalue weighted by Crippen LogP contribution is -2.37. The Balaban J connectivity index is 2.15. The SMILES string of the molecule is CCCSc1nnc(NC(=O)CN(c2ccccc2OCC)S(C)(=O)=O)s1. The Kier molecular flexibility index (Phi) is 7.87. The first-order chi connectivity index (χ1) is 12.8. The van der Waals surface area contributed by atoms with E-state index in [1.807, 2.05) is 0 Å². The third kappa shape index (κ3) is 6.36. The molecule has 0 saturated carbocycles. The summed E-state index contributed by atoms with van der Waals surface area (Å²) in [4.78, 5) is 12.4. The van der Waals surface area contributed by atoms with Gasteiger partial charge in [0, 0.05) is 5.75 Å². The van der Waals surface area contributed by atoms with Crippen molar-refractivity contribution in [2.24, 2.45) is 0 Å². The lowest BCUT2D eigenvalue weighted by atomic mass is 10.3. The molecule has 0 atom stereocenters. The van der Waals surface area contributed by atoms with Gasteiger partial charge < -0.3 is 4.74 Å². The van der Waals surface area contributed by atoms with Crippen molar-refractivity contribution < 1.29 is 17.9 Å². The molecular formula is C16H22N4O4S3. The molecule has 8 nitrogen and oxygen atoms in total. The zero-order valence-electron chi connectivity index (χ0n) is 15.3. The molecule has 2 aromatic rings. The van der Waals surface area contributed by atoms with Crippen LogP contribution in [0.3, 0.4) is 0 Å². The highest BCUT2D eigenvalue weighted by Crippen LogP contribution is 2.30. The zero-order chi connectivity index (χ0) is 19.9. The van der Waals surface area contributed by atoms with E-state index in [0.29, 0.717) is 23.2 Å². The van der Waals surface area contributed by atoms with Crippen LogP contribution in [0.4, 0.5) is 10.8 Å². The summed E-state index contributed by atoms with van der Waals surface area (Å²) >= 11 is 2.82. The van der Waals surface area contributed by atoms with Crippen LogP contribution in [0.2, 0.25) is 0 Å². The van der Waals surface area contributed by atoms with Crippen molar-refractivity contribution in [3.05, 3.63) is 24.3 Å². The molecule has 11 heteroatoms. The lowest BCUT2D eigenvalue weighted by molar-refractivity contribution is -0.114. The van der Waals surface area contributed by atoms with Crippen LogP contribution in [0.5, 0.6) is 5.75 Å². The topological polar surface area (TPSA) is 101 Å². The molecule has 2 rings (SSSR count). The maximum Gasteiger partial charge on any atom is 0.246 e. The number of anilines is 2. The highest BCUT2D eigenvalue weighted by molar-refractivity contribution is 8.01. The van der Waals surface area contributed by atoms with E-state index in [0.717, 1.165) is 27.1 Å². The summed E-state index contributed by atoms with van der Waals surface area (Å²) in [6.07, 6.45) is 2.06. The third-order valence-electron chi connectivity index (χ3n) is 3.20. The molecule has 1 aromatic carbocycles. The highest BCUT2D eigenvalue weighted by atomic mass is 32.2. The maximum atomic E-state index is 12.4. The first-order valence-electron chi connectivity index (χ1n) is 8.30. The van der Waals surface area contributed by atoms with Gasteiger partial charge in [0.2, 0.25) is 21.1 Å². The highest BCUT2D eigenvalue weighted by Gasteiger charge is 2.24. The van der Waals surface area contributed by atoms with Gasteiger partial charge in [-0.15, -0.1) is 10.2 Å². The number of carbonyl (C=O) groups excluding carboxylic acids is 1. The second-order valence-electron chi connectivity index (χ2n) is 5.44. The molecule has 0 unspecified atom stereocenters. The predicted octanol–water partition coefficient (Wildman–Crippen LogP) is 2.84. The molecule has 0 fully saturated rings. The van der Waals surface area contributed by atoms with Crippen LogP contribution < -0.4 is 14.4 Å². The van der Waals surface area contributed by atoms with Crippen molar-refractivity contribution >= 4 is 49.8 Å². The van der Waals surface area contributed by atoms with Gasteiger partial charge in [-0.05, 0) is 25.5 Å². The number of benzene rings is 1. The molecular weight excluding hydrogens is 408 g/mol. The Morgan fingerprint density at radius 3 is 2.70 bits per heavy atom. The molecule has 27 heavy (non-hydrogen) atoms. The van der Waals surface area contributed by atoms with Crippen LogP contribution in [-0.2, 0) is 14.8 Å². The minimum Gasteiger partial charge on any atom is -0.492 e. The van der Waals surface area contributed by atoms with E-state index in [1.165, 1.54) is 11.3 Å². The fourth-order valence-electron chi connectivity index (χ4n) is 2.12.